The molecule has 9 heteroatoms. The maximum absolute atomic E-state index is 12.5. The molecule has 0 radical (unpaired) electrons. The van der Waals surface area contributed by atoms with Gasteiger partial charge in [-0.1, -0.05) is 35.4 Å². The SMILES string of the molecule is Cc1ccc(S(=O)(=O)Nc2ccc(Oc3ccc(NS(=O)(=O)c4ccc(C)cc4)cc3)cc2)cc1. The number of ether oxygens (including phenoxy) is 1. The molecule has 0 saturated heterocycles. The van der Waals surface area contributed by atoms with Gasteiger partial charge in [0.15, 0.2) is 0 Å². The van der Waals surface area contributed by atoms with Crippen molar-refractivity contribution in [2.24, 2.45) is 0 Å². The van der Waals surface area contributed by atoms with Crippen molar-refractivity contribution < 1.29 is 21.6 Å². The molecule has 0 unspecified atom stereocenters. The monoisotopic (exact) mass is 508 g/mol. The van der Waals surface area contributed by atoms with E-state index >= 15 is 0 Å². The molecule has 35 heavy (non-hydrogen) atoms. The minimum atomic E-state index is -3.69. The molecule has 0 atom stereocenters. The van der Waals surface area contributed by atoms with Gasteiger partial charge in [-0.25, -0.2) is 16.8 Å². The molecular formula is C26H24N2O5S2. The van der Waals surface area contributed by atoms with Gasteiger partial charge in [-0.3, -0.25) is 9.44 Å². The topological polar surface area (TPSA) is 102 Å². The number of benzene rings is 4. The number of aryl methyl sites for hydroxylation is 2. The highest BCUT2D eigenvalue weighted by atomic mass is 32.2. The van der Waals surface area contributed by atoms with E-state index in [-0.39, 0.29) is 9.79 Å². The van der Waals surface area contributed by atoms with Crippen molar-refractivity contribution in [3.8, 4) is 11.5 Å². The second-order valence-electron chi connectivity index (χ2n) is 7.99. The maximum Gasteiger partial charge on any atom is 0.261 e. The Hall–Kier alpha value is -3.82. The Labute approximate surface area is 205 Å². The molecule has 7 nitrogen and oxygen atoms in total. The van der Waals surface area contributed by atoms with E-state index in [0.717, 1.165) is 11.1 Å². The molecule has 0 fully saturated rings. The van der Waals surface area contributed by atoms with Crippen molar-refractivity contribution in [3.63, 3.8) is 0 Å². The third-order valence-electron chi connectivity index (χ3n) is 5.11. The Bertz CT molecular complexity index is 1390. The summed E-state index contributed by atoms with van der Waals surface area (Å²) in [4.78, 5) is 0.364. The Kier molecular flexibility index (Phi) is 6.81. The Morgan fingerprint density at radius 3 is 1.11 bits per heavy atom. The molecule has 4 aromatic rings. The van der Waals surface area contributed by atoms with Gasteiger partial charge in [-0.15, -0.1) is 0 Å². The normalized spacial score (nSPS) is 11.6. The van der Waals surface area contributed by atoms with Crippen molar-refractivity contribution in [1.29, 1.82) is 0 Å². The molecule has 0 heterocycles. The van der Waals surface area contributed by atoms with E-state index in [9.17, 15) is 16.8 Å². The van der Waals surface area contributed by atoms with Crippen molar-refractivity contribution in [2.75, 3.05) is 9.44 Å². The van der Waals surface area contributed by atoms with Gasteiger partial charge in [-0.05, 0) is 86.6 Å². The highest BCUT2D eigenvalue weighted by Gasteiger charge is 2.15. The molecule has 4 rings (SSSR count). The second-order valence-corrected chi connectivity index (χ2v) is 11.4. The van der Waals surface area contributed by atoms with Gasteiger partial charge in [0.1, 0.15) is 11.5 Å². The third-order valence-corrected chi connectivity index (χ3v) is 7.91. The summed E-state index contributed by atoms with van der Waals surface area (Å²) in [6.07, 6.45) is 0. The molecule has 0 amide bonds. The molecule has 4 aromatic carbocycles. The number of hydrogen-bond acceptors (Lipinski definition) is 5. The number of hydrogen-bond donors (Lipinski definition) is 2. The van der Waals surface area contributed by atoms with Crippen LogP contribution in [0.2, 0.25) is 0 Å². The van der Waals surface area contributed by atoms with Gasteiger partial charge in [0, 0.05) is 11.4 Å². The van der Waals surface area contributed by atoms with E-state index < -0.39 is 20.0 Å². The van der Waals surface area contributed by atoms with Crippen molar-refractivity contribution in [2.45, 2.75) is 23.6 Å². The fraction of sp³-hybridized carbons (Fsp3) is 0.0769. The van der Waals surface area contributed by atoms with Crippen molar-refractivity contribution in [1.82, 2.24) is 0 Å². The van der Waals surface area contributed by atoms with Crippen molar-refractivity contribution in [3.05, 3.63) is 108 Å². The lowest BCUT2D eigenvalue weighted by atomic mass is 10.2. The first-order valence-corrected chi connectivity index (χ1v) is 13.6. The second kappa shape index (κ2) is 9.81. The van der Waals surface area contributed by atoms with E-state index in [1.54, 1.807) is 97.1 Å². The molecular weight excluding hydrogens is 484 g/mol. The third kappa shape index (κ3) is 6.20. The minimum Gasteiger partial charge on any atom is -0.457 e. The predicted molar refractivity (Wildman–Crippen MR) is 137 cm³/mol. The van der Waals surface area contributed by atoms with E-state index in [1.807, 2.05) is 13.8 Å². The lowest BCUT2D eigenvalue weighted by Gasteiger charge is -2.11. The molecule has 2 N–H and O–H groups in total. The van der Waals surface area contributed by atoms with Gasteiger partial charge >= 0.3 is 0 Å². The number of rotatable bonds is 8. The van der Waals surface area contributed by atoms with Crippen LogP contribution in [0.3, 0.4) is 0 Å². The smallest absolute Gasteiger partial charge is 0.261 e. The average Bonchev–Trinajstić information content (AvgIpc) is 2.82. The lowest BCUT2D eigenvalue weighted by Crippen LogP contribution is -2.12. The molecule has 0 aromatic heterocycles. The number of sulfonamides is 2. The summed E-state index contributed by atoms with van der Waals surface area (Å²) in [6.45, 7) is 3.78. The van der Waals surface area contributed by atoms with Crippen molar-refractivity contribution >= 4 is 31.4 Å². The summed E-state index contributed by atoms with van der Waals surface area (Å²) in [7, 11) is -7.38. The zero-order valence-corrected chi connectivity index (χ0v) is 20.7. The Balaban J connectivity index is 1.39. The fourth-order valence-corrected chi connectivity index (χ4v) is 5.30. The summed E-state index contributed by atoms with van der Waals surface area (Å²) in [6, 6.07) is 26.2. The molecule has 0 aliphatic carbocycles. The van der Waals surface area contributed by atoms with Crippen LogP contribution in [0.15, 0.2) is 107 Å². The lowest BCUT2D eigenvalue weighted by molar-refractivity contribution is 0.483. The predicted octanol–water partition coefficient (Wildman–Crippen LogP) is 5.70. The number of nitrogens with one attached hydrogen (secondary N) is 2. The average molecular weight is 509 g/mol. The molecule has 0 saturated carbocycles. The van der Waals surface area contributed by atoms with Crippen LogP contribution in [-0.4, -0.2) is 16.8 Å². The van der Waals surface area contributed by atoms with E-state index in [4.69, 9.17) is 4.74 Å². The van der Waals surface area contributed by atoms with Crippen LogP contribution >= 0.6 is 0 Å². The zero-order chi connectivity index (χ0) is 25.1. The van der Waals surface area contributed by atoms with Crippen LogP contribution in [0.5, 0.6) is 11.5 Å². The molecule has 0 bridgehead atoms. The minimum absolute atomic E-state index is 0.182. The van der Waals surface area contributed by atoms with E-state index in [1.165, 1.54) is 0 Å². The summed E-state index contributed by atoms with van der Waals surface area (Å²) in [5, 5.41) is 0. The largest absolute Gasteiger partial charge is 0.457 e. The first kappa shape index (κ1) is 24.3. The molecule has 0 spiro atoms. The van der Waals surface area contributed by atoms with E-state index in [2.05, 4.69) is 9.44 Å². The summed E-state index contributed by atoms with van der Waals surface area (Å²) in [5.74, 6) is 0.993. The van der Waals surface area contributed by atoms with Gasteiger partial charge < -0.3 is 4.74 Å². The van der Waals surface area contributed by atoms with Gasteiger partial charge in [0.25, 0.3) is 20.0 Å². The highest BCUT2D eigenvalue weighted by molar-refractivity contribution is 7.93. The Morgan fingerprint density at radius 1 is 0.486 bits per heavy atom. The van der Waals surface area contributed by atoms with Crippen LogP contribution < -0.4 is 14.2 Å². The Morgan fingerprint density at radius 2 is 0.800 bits per heavy atom. The van der Waals surface area contributed by atoms with Crippen LogP contribution in [0, 0.1) is 13.8 Å². The maximum atomic E-state index is 12.5. The molecule has 180 valence electrons. The standard InChI is InChI=1S/C26H24N2O5S2/c1-19-3-15-25(16-4-19)34(29,30)27-21-7-11-23(12-8-21)33-24-13-9-22(10-14-24)28-35(31,32)26-17-5-20(2)6-18-26/h3-18,27-28H,1-2H3. The van der Waals surface area contributed by atoms with Crippen LogP contribution in [0.4, 0.5) is 11.4 Å². The zero-order valence-electron chi connectivity index (χ0n) is 19.1. The summed E-state index contributed by atoms with van der Waals surface area (Å²) >= 11 is 0. The first-order valence-electron chi connectivity index (χ1n) is 10.7. The first-order chi connectivity index (χ1) is 16.6. The quantitative estimate of drug-likeness (QED) is 0.318. The molecule has 0 aliphatic rings. The highest BCUT2D eigenvalue weighted by Crippen LogP contribution is 2.26. The van der Waals surface area contributed by atoms with Crippen LogP contribution in [0.25, 0.3) is 0 Å². The summed E-state index contributed by atoms with van der Waals surface area (Å²) in [5.41, 5.74) is 2.75. The summed E-state index contributed by atoms with van der Waals surface area (Å²) < 4.78 is 61.0. The van der Waals surface area contributed by atoms with Gasteiger partial charge in [0.2, 0.25) is 0 Å². The number of anilines is 2. The van der Waals surface area contributed by atoms with Crippen LogP contribution in [0.1, 0.15) is 11.1 Å². The molecule has 0 aliphatic heterocycles. The van der Waals surface area contributed by atoms with Gasteiger partial charge in [0.05, 0.1) is 9.79 Å². The van der Waals surface area contributed by atoms with E-state index in [0.29, 0.717) is 22.9 Å². The van der Waals surface area contributed by atoms with Crippen LogP contribution in [-0.2, 0) is 20.0 Å². The van der Waals surface area contributed by atoms with Gasteiger partial charge in [-0.2, -0.15) is 0 Å². The fourth-order valence-electron chi connectivity index (χ4n) is 3.18.